The van der Waals surface area contributed by atoms with Crippen LogP contribution in [0.2, 0.25) is 0 Å². The maximum atomic E-state index is 14.2. The van der Waals surface area contributed by atoms with E-state index in [1.807, 2.05) is 0 Å². The normalized spacial score (nSPS) is 18.8. The van der Waals surface area contributed by atoms with Crippen molar-refractivity contribution in [2.24, 2.45) is 5.92 Å². The Balaban J connectivity index is 1.39. The molecular weight excluding hydrogens is 581 g/mol. The maximum Gasteiger partial charge on any atom is 0.227 e. The molecule has 15 heteroatoms. The van der Waals surface area contributed by atoms with Crippen molar-refractivity contribution in [3.8, 4) is 28.8 Å². The number of carbonyl (C=O) groups excluding carboxylic acids is 1. The van der Waals surface area contributed by atoms with Crippen molar-refractivity contribution in [2.75, 3.05) is 45.3 Å². The van der Waals surface area contributed by atoms with Gasteiger partial charge in [0.05, 0.1) is 44.0 Å². The zero-order valence-electron chi connectivity index (χ0n) is 23.6. The van der Waals surface area contributed by atoms with E-state index in [2.05, 4.69) is 20.2 Å². The SMILES string of the molecule is COc1cccc(OC)c1-n1c(CS(=O)(=O)[C@@H]2C[C@H](C(=O)N3CCC3)CN(c3ncc(F)cn3)C2)nnc1-c1ccco1. The van der Waals surface area contributed by atoms with Gasteiger partial charge in [0.25, 0.3) is 0 Å². The number of benzene rings is 1. The fourth-order valence-electron chi connectivity index (χ4n) is 5.48. The van der Waals surface area contributed by atoms with Gasteiger partial charge in [0.15, 0.2) is 27.2 Å². The van der Waals surface area contributed by atoms with Crippen molar-refractivity contribution >= 4 is 21.7 Å². The van der Waals surface area contributed by atoms with E-state index in [1.54, 1.807) is 44.7 Å². The largest absolute Gasteiger partial charge is 0.494 e. The first-order valence-electron chi connectivity index (χ1n) is 13.7. The molecule has 0 aliphatic carbocycles. The molecule has 4 aromatic rings. The molecule has 1 aromatic carbocycles. The van der Waals surface area contributed by atoms with E-state index in [0.29, 0.717) is 36.0 Å². The molecule has 0 saturated carbocycles. The van der Waals surface area contributed by atoms with Crippen molar-refractivity contribution in [3.63, 3.8) is 0 Å². The van der Waals surface area contributed by atoms with Crippen LogP contribution in [0.4, 0.5) is 10.3 Å². The molecule has 2 saturated heterocycles. The molecule has 43 heavy (non-hydrogen) atoms. The average molecular weight is 612 g/mol. The standard InChI is InChI=1S/C28H30FN7O6S/c1-40-21-6-3-7-22(41-2)25(21)36-24(32-33-26(36)23-8-4-11-42-23)17-43(38,39)20-12-18(27(37)34-9-5-10-34)15-35(16-20)28-30-13-19(29)14-31-28/h3-4,6-8,11,13-14,18,20H,5,9-10,12,15-17H2,1-2H3/t18-,20+/m0/s1. The minimum atomic E-state index is -3.97. The number of aromatic nitrogens is 5. The summed E-state index contributed by atoms with van der Waals surface area (Å²) in [5.74, 6) is -0.137. The number of likely N-dealkylation sites (tertiary alicyclic amines) is 1. The highest BCUT2D eigenvalue weighted by atomic mass is 32.2. The second-order valence-electron chi connectivity index (χ2n) is 10.4. The number of piperidine rings is 1. The Labute approximate surface area is 247 Å². The summed E-state index contributed by atoms with van der Waals surface area (Å²) in [4.78, 5) is 24.8. The maximum absolute atomic E-state index is 14.2. The minimum Gasteiger partial charge on any atom is -0.494 e. The Morgan fingerprint density at radius 3 is 2.37 bits per heavy atom. The van der Waals surface area contributed by atoms with Crippen LogP contribution in [0, 0.1) is 11.7 Å². The van der Waals surface area contributed by atoms with Gasteiger partial charge in [-0.15, -0.1) is 10.2 Å². The van der Waals surface area contributed by atoms with Gasteiger partial charge in [-0.2, -0.15) is 0 Å². The highest BCUT2D eigenvalue weighted by molar-refractivity contribution is 7.91. The third-order valence-corrected chi connectivity index (χ3v) is 9.77. The van der Waals surface area contributed by atoms with Crippen LogP contribution in [0.25, 0.3) is 17.3 Å². The topological polar surface area (TPSA) is 146 Å². The first-order valence-corrected chi connectivity index (χ1v) is 15.4. The molecule has 6 rings (SSSR count). The van der Waals surface area contributed by atoms with E-state index < -0.39 is 32.6 Å². The number of anilines is 1. The number of nitrogens with zero attached hydrogens (tertiary/aromatic N) is 7. The smallest absolute Gasteiger partial charge is 0.227 e. The summed E-state index contributed by atoms with van der Waals surface area (Å²) in [5.41, 5.74) is 0.407. The quantitative estimate of drug-likeness (QED) is 0.275. The zero-order valence-corrected chi connectivity index (χ0v) is 24.4. The van der Waals surface area contributed by atoms with E-state index in [4.69, 9.17) is 13.9 Å². The van der Waals surface area contributed by atoms with Crippen LogP contribution in [0.5, 0.6) is 11.5 Å². The van der Waals surface area contributed by atoms with Crippen molar-refractivity contribution in [1.29, 1.82) is 0 Å². The van der Waals surface area contributed by atoms with Gasteiger partial charge in [-0.25, -0.2) is 22.8 Å². The van der Waals surface area contributed by atoms with Crippen LogP contribution in [-0.4, -0.2) is 89.6 Å². The summed E-state index contributed by atoms with van der Waals surface area (Å²) in [6, 6.07) is 8.56. The number of ether oxygens (including phenoxy) is 2. The monoisotopic (exact) mass is 611 g/mol. The number of sulfone groups is 1. The second kappa shape index (κ2) is 11.6. The van der Waals surface area contributed by atoms with Gasteiger partial charge >= 0.3 is 0 Å². The molecule has 13 nitrogen and oxygen atoms in total. The lowest BCUT2D eigenvalue weighted by atomic mass is 9.95. The lowest BCUT2D eigenvalue weighted by Crippen LogP contribution is -2.54. The Kier molecular flexibility index (Phi) is 7.73. The summed E-state index contributed by atoms with van der Waals surface area (Å²) in [5, 5.41) is 7.60. The summed E-state index contributed by atoms with van der Waals surface area (Å²) in [6.07, 6.45) is 4.54. The Morgan fingerprint density at radius 2 is 1.77 bits per heavy atom. The predicted octanol–water partition coefficient (Wildman–Crippen LogP) is 2.52. The van der Waals surface area contributed by atoms with E-state index in [-0.39, 0.29) is 43.0 Å². The van der Waals surface area contributed by atoms with E-state index in [1.165, 1.54) is 20.5 Å². The van der Waals surface area contributed by atoms with Crippen LogP contribution >= 0.6 is 0 Å². The van der Waals surface area contributed by atoms with E-state index in [0.717, 1.165) is 18.8 Å². The summed E-state index contributed by atoms with van der Waals surface area (Å²) < 4.78 is 60.3. The van der Waals surface area contributed by atoms with Crippen molar-refractivity contribution in [3.05, 3.63) is 60.6 Å². The Bertz CT molecular complexity index is 1690. The number of hydrogen-bond donors (Lipinski definition) is 0. The summed E-state index contributed by atoms with van der Waals surface area (Å²) >= 11 is 0. The lowest BCUT2D eigenvalue weighted by Gasteiger charge is -2.40. The Morgan fingerprint density at radius 1 is 1.05 bits per heavy atom. The number of hydrogen-bond acceptors (Lipinski definition) is 11. The van der Waals surface area contributed by atoms with Crippen LogP contribution in [0.15, 0.2) is 53.4 Å². The molecule has 3 aromatic heterocycles. The molecule has 2 aliphatic rings. The molecule has 0 unspecified atom stereocenters. The third kappa shape index (κ3) is 5.51. The Hall–Kier alpha value is -4.53. The van der Waals surface area contributed by atoms with Gasteiger partial charge < -0.3 is 23.7 Å². The number of para-hydroxylation sites is 1. The molecule has 2 aliphatic heterocycles. The average Bonchev–Trinajstić information content (AvgIpc) is 3.66. The lowest BCUT2D eigenvalue weighted by molar-refractivity contribution is -0.139. The highest BCUT2D eigenvalue weighted by Crippen LogP contribution is 2.37. The highest BCUT2D eigenvalue weighted by Gasteiger charge is 2.42. The van der Waals surface area contributed by atoms with Crippen molar-refractivity contribution < 1.29 is 31.5 Å². The molecule has 2 fully saturated rings. The van der Waals surface area contributed by atoms with Crippen LogP contribution in [0.1, 0.15) is 18.7 Å². The van der Waals surface area contributed by atoms with E-state index >= 15 is 0 Å². The van der Waals surface area contributed by atoms with Crippen molar-refractivity contribution in [1.82, 2.24) is 29.6 Å². The summed E-state index contributed by atoms with van der Waals surface area (Å²) in [6.45, 7) is 1.53. The zero-order chi connectivity index (χ0) is 30.1. The molecule has 5 heterocycles. The fraction of sp³-hybridized carbons (Fsp3) is 0.393. The molecular formula is C28H30FN7O6S. The van der Waals surface area contributed by atoms with Gasteiger partial charge in [0.2, 0.25) is 17.7 Å². The van der Waals surface area contributed by atoms with Crippen LogP contribution < -0.4 is 14.4 Å². The number of furan rings is 1. The molecule has 226 valence electrons. The minimum absolute atomic E-state index is 0.0227. The number of methoxy groups -OCH3 is 2. The number of halogens is 1. The second-order valence-corrected chi connectivity index (χ2v) is 12.7. The van der Waals surface area contributed by atoms with Crippen LogP contribution in [0.3, 0.4) is 0 Å². The number of carbonyl (C=O) groups is 1. The molecule has 2 atom stereocenters. The number of rotatable bonds is 9. The first-order chi connectivity index (χ1) is 20.8. The molecule has 0 N–H and O–H groups in total. The van der Waals surface area contributed by atoms with Gasteiger partial charge in [-0.05, 0) is 37.1 Å². The van der Waals surface area contributed by atoms with Gasteiger partial charge in [0, 0.05) is 26.2 Å². The third-order valence-electron chi connectivity index (χ3n) is 7.75. The molecule has 0 bridgehead atoms. The van der Waals surface area contributed by atoms with Crippen molar-refractivity contribution in [2.45, 2.75) is 23.8 Å². The summed E-state index contributed by atoms with van der Waals surface area (Å²) in [7, 11) is -0.979. The predicted molar refractivity (Wildman–Crippen MR) is 152 cm³/mol. The first kappa shape index (κ1) is 28.6. The van der Waals surface area contributed by atoms with Gasteiger partial charge in [0.1, 0.15) is 22.9 Å². The van der Waals surface area contributed by atoms with Gasteiger partial charge in [-0.1, -0.05) is 6.07 Å². The fourth-order valence-corrected chi connectivity index (χ4v) is 7.19. The molecule has 1 amide bonds. The number of amides is 1. The molecule has 0 spiro atoms. The van der Waals surface area contributed by atoms with Crippen LogP contribution in [-0.2, 0) is 20.4 Å². The molecule has 0 radical (unpaired) electrons. The van der Waals surface area contributed by atoms with Gasteiger partial charge in [-0.3, -0.25) is 9.36 Å². The van der Waals surface area contributed by atoms with E-state index in [9.17, 15) is 17.6 Å².